The molecular formula is C9H5ClLiNO2. The molecule has 14 heavy (non-hydrogen) atoms. The molecule has 0 bridgehead atoms. The Balaban J connectivity index is 0.000000980. The number of fused-ring (bicyclic) bond motifs is 1. The van der Waals surface area contributed by atoms with Gasteiger partial charge < -0.3 is 9.67 Å². The fraction of sp³-hybridized carbons (Fsp3) is 0. The van der Waals surface area contributed by atoms with Gasteiger partial charge in [0.2, 0.25) is 0 Å². The number of hydrogen-bond donors (Lipinski definition) is 1. The number of carboxylic acid groups (broad SMARTS) is 1. The van der Waals surface area contributed by atoms with Gasteiger partial charge in [0.15, 0.2) is 0 Å². The van der Waals surface area contributed by atoms with Crippen LogP contribution in [-0.2, 0) is 0 Å². The van der Waals surface area contributed by atoms with Crippen molar-refractivity contribution in [3.63, 3.8) is 0 Å². The van der Waals surface area contributed by atoms with E-state index in [9.17, 15) is 4.79 Å². The molecule has 1 aromatic carbocycles. The molecule has 0 radical (unpaired) electrons. The second-order valence-electron chi connectivity index (χ2n) is 2.59. The summed E-state index contributed by atoms with van der Waals surface area (Å²) in [5, 5.41) is 10.1. The maximum absolute atomic E-state index is 10.7. The van der Waals surface area contributed by atoms with E-state index in [0.29, 0.717) is 10.5 Å². The third-order valence-corrected chi connectivity index (χ3v) is 2.01. The van der Waals surface area contributed by atoms with Crippen molar-refractivity contribution in [2.75, 3.05) is 0 Å². The molecule has 2 rings (SSSR count). The Labute approximate surface area is 97.5 Å². The largest absolute Gasteiger partial charge is 1.00 e. The first-order valence-corrected chi connectivity index (χ1v) is 3.98. The first kappa shape index (κ1) is 11.2. The van der Waals surface area contributed by atoms with Gasteiger partial charge >= 0.3 is 25.0 Å². The molecule has 5 heteroatoms. The van der Waals surface area contributed by atoms with Crippen molar-refractivity contribution in [3.05, 3.63) is 35.5 Å². The van der Waals surface area contributed by atoms with E-state index >= 15 is 0 Å². The van der Waals surface area contributed by atoms with Crippen LogP contribution >= 0.6 is 11.6 Å². The van der Waals surface area contributed by atoms with Gasteiger partial charge in [0.25, 0.3) is 0 Å². The SMILES string of the molecule is O=C(O)n1[c-]cc2cc(Cl)ccc21.[Li+]. The zero-order valence-corrected chi connectivity index (χ0v) is 8.25. The molecule has 3 nitrogen and oxygen atoms in total. The Bertz CT molecular complexity index is 481. The molecule has 1 heterocycles. The molecule has 1 N–H and O–H groups in total. The van der Waals surface area contributed by atoms with Crippen molar-refractivity contribution in [3.8, 4) is 0 Å². The van der Waals surface area contributed by atoms with Crippen molar-refractivity contribution in [2.45, 2.75) is 0 Å². The molecule has 0 saturated carbocycles. The molecule has 0 unspecified atom stereocenters. The van der Waals surface area contributed by atoms with Gasteiger partial charge in [-0.25, -0.2) is 0 Å². The van der Waals surface area contributed by atoms with Crippen molar-refractivity contribution in [1.82, 2.24) is 4.57 Å². The summed E-state index contributed by atoms with van der Waals surface area (Å²) in [7, 11) is 0. The van der Waals surface area contributed by atoms with Crippen LogP contribution in [-0.4, -0.2) is 15.8 Å². The monoisotopic (exact) mass is 201 g/mol. The van der Waals surface area contributed by atoms with Gasteiger partial charge in [0.1, 0.15) is 0 Å². The van der Waals surface area contributed by atoms with Crippen LogP contribution in [0, 0.1) is 6.20 Å². The van der Waals surface area contributed by atoms with E-state index < -0.39 is 6.09 Å². The van der Waals surface area contributed by atoms with Crippen molar-refractivity contribution in [2.24, 2.45) is 0 Å². The van der Waals surface area contributed by atoms with Crippen molar-refractivity contribution in [1.29, 1.82) is 0 Å². The number of hydrogen-bond acceptors (Lipinski definition) is 1. The van der Waals surface area contributed by atoms with Gasteiger partial charge in [-0.3, -0.25) is 4.79 Å². The van der Waals surface area contributed by atoms with Crippen molar-refractivity contribution < 1.29 is 28.8 Å². The third-order valence-electron chi connectivity index (χ3n) is 1.77. The Kier molecular flexibility index (Phi) is 3.28. The van der Waals surface area contributed by atoms with Crippen LogP contribution < -0.4 is 18.9 Å². The standard InChI is InChI=1S/C9H5ClNO2.Li/c10-7-1-2-8-6(5-7)3-4-11(8)9(12)13;/h1-3,5H,(H,12,13);/q-1;+1. The first-order chi connectivity index (χ1) is 6.18. The van der Waals surface area contributed by atoms with Gasteiger partial charge in [-0.1, -0.05) is 41.5 Å². The van der Waals surface area contributed by atoms with Gasteiger partial charge in [-0.05, 0) is 0 Å². The number of carbonyl (C=O) groups is 1. The normalized spacial score (nSPS) is 9.79. The minimum absolute atomic E-state index is 0. The van der Waals surface area contributed by atoms with Gasteiger partial charge in [-0.15, -0.1) is 11.5 Å². The number of rotatable bonds is 0. The topological polar surface area (TPSA) is 42.2 Å². The van der Waals surface area contributed by atoms with Crippen molar-refractivity contribution >= 4 is 28.6 Å². The molecule has 0 aliphatic rings. The Morgan fingerprint density at radius 3 is 2.86 bits per heavy atom. The molecule has 0 saturated heterocycles. The molecule has 0 spiro atoms. The first-order valence-electron chi connectivity index (χ1n) is 3.60. The predicted molar refractivity (Wildman–Crippen MR) is 49.2 cm³/mol. The quantitative estimate of drug-likeness (QED) is 0.467. The molecule has 0 atom stereocenters. The number of halogens is 1. The van der Waals surface area contributed by atoms with E-state index in [1.54, 1.807) is 24.3 Å². The molecule has 66 valence electrons. The summed E-state index contributed by atoms with van der Waals surface area (Å²) >= 11 is 5.74. The van der Waals surface area contributed by atoms with E-state index in [-0.39, 0.29) is 18.9 Å². The zero-order chi connectivity index (χ0) is 9.42. The fourth-order valence-electron chi connectivity index (χ4n) is 1.21. The van der Waals surface area contributed by atoms with Crippen LogP contribution in [0.5, 0.6) is 0 Å². The second-order valence-corrected chi connectivity index (χ2v) is 3.03. The van der Waals surface area contributed by atoms with Gasteiger partial charge in [0, 0.05) is 5.02 Å². The molecular weight excluding hydrogens is 196 g/mol. The molecule has 2 aromatic rings. The van der Waals surface area contributed by atoms with Crippen LogP contribution in [0.1, 0.15) is 0 Å². The predicted octanol–water partition coefficient (Wildman–Crippen LogP) is -0.375. The summed E-state index contributed by atoms with van der Waals surface area (Å²) in [5.74, 6) is 0. The van der Waals surface area contributed by atoms with E-state index in [2.05, 4.69) is 6.20 Å². The second kappa shape index (κ2) is 4.10. The zero-order valence-electron chi connectivity index (χ0n) is 7.49. The Morgan fingerprint density at radius 2 is 2.21 bits per heavy atom. The van der Waals surface area contributed by atoms with E-state index in [0.717, 1.165) is 9.95 Å². The summed E-state index contributed by atoms with van der Waals surface area (Å²) in [6.45, 7) is 0. The van der Waals surface area contributed by atoms with Gasteiger partial charge in [0.05, 0.1) is 0 Å². The van der Waals surface area contributed by atoms with Crippen LogP contribution in [0.25, 0.3) is 10.9 Å². The molecule has 0 amide bonds. The van der Waals surface area contributed by atoms with Crippen LogP contribution in [0.15, 0.2) is 24.3 Å². The fourth-order valence-corrected chi connectivity index (χ4v) is 1.39. The maximum Gasteiger partial charge on any atom is 1.00 e. The molecule has 0 aliphatic heterocycles. The summed E-state index contributed by atoms with van der Waals surface area (Å²) in [5.41, 5.74) is 0.594. The Morgan fingerprint density at radius 1 is 1.50 bits per heavy atom. The molecule has 1 aromatic heterocycles. The molecule has 0 aliphatic carbocycles. The van der Waals surface area contributed by atoms with Crippen LogP contribution in [0.2, 0.25) is 5.02 Å². The molecule has 0 fully saturated rings. The number of nitrogens with zero attached hydrogens (tertiary/aromatic N) is 1. The minimum Gasteiger partial charge on any atom is -0.508 e. The average Bonchev–Trinajstić information content (AvgIpc) is 2.46. The average molecular weight is 202 g/mol. The summed E-state index contributed by atoms with van der Waals surface area (Å²) in [4.78, 5) is 10.7. The third kappa shape index (κ3) is 1.80. The van der Waals surface area contributed by atoms with E-state index in [1.165, 1.54) is 0 Å². The van der Waals surface area contributed by atoms with Gasteiger partial charge in [-0.2, -0.15) is 0 Å². The minimum atomic E-state index is -1.04. The smallest absolute Gasteiger partial charge is 0.508 e. The summed E-state index contributed by atoms with van der Waals surface area (Å²) in [6, 6.07) is 6.60. The summed E-state index contributed by atoms with van der Waals surface area (Å²) < 4.78 is 1.03. The van der Waals surface area contributed by atoms with E-state index in [1.807, 2.05) is 0 Å². The van der Waals surface area contributed by atoms with Crippen LogP contribution in [0.4, 0.5) is 4.79 Å². The Hall–Kier alpha value is -0.883. The maximum atomic E-state index is 10.7. The van der Waals surface area contributed by atoms with E-state index in [4.69, 9.17) is 16.7 Å². The number of aromatic nitrogens is 1. The number of benzene rings is 1. The summed E-state index contributed by atoms with van der Waals surface area (Å²) in [6.07, 6.45) is 1.55. The van der Waals surface area contributed by atoms with Crippen LogP contribution in [0.3, 0.4) is 0 Å².